The Hall–Kier alpha value is -4.54. The fraction of sp³-hybridized carbons (Fsp3) is 0.250. The van der Waals surface area contributed by atoms with Crippen molar-refractivity contribution < 1.29 is 24.0 Å². The van der Waals surface area contributed by atoms with Crippen LogP contribution in [0.1, 0.15) is 32.9 Å². The van der Waals surface area contributed by atoms with Gasteiger partial charge < -0.3 is 15.4 Å². The molecule has 0 saturated heterocycles. The highest BCUT2D eigenvalue weighted by Crippen LogP contribution is 2.21. The maximum atomic E-state index is 12.7. The smallest absolute Gasteiger partial charge is 0.328 e. The lowest BCUT2D eigenvalue weighted by atomic mass is 10.1. The Morgan fingerprint density at radius 1 is 1.06 bits per heavy atom. The van der Waals surface area contributed by atoms with Crippen LogP contribution in [0.2, 0.25) is 0 Å². The van der Waals surface area contributed by atoms with Gasteiger partial charge in [0.25, 0.3) is 11.8 Å². The minimum atomic E-state index is -0.787. The van der Waals surface area contributed by atoms with Gasteiger partial charge in [0.1, 0.15) is 17.9 Å². The molecule has 2 N–H and O–H groups in total. The number of carbonyl (C=O) groups is 3. The van der Waals surface area contributed by atoms with Gasteiger partial charge in [0, 0.05) is 6.54 Å². The summed E-state index contributed by atoms with van der Waals surface area (Å²) in [6.07, 6.45) is 0. The number of nitrogens with zero attached hydrogens (tertiary/aromatic N) is 3. The molecule has 0 aliphatic rings. The van der Waals surface area contributed by atoms with Crippen molar-refractivity contribution in [3.05, 3.63) is 86.7 Å². The number of benzene rings is 2. The molecule has 182 valence electrons. The van der Waals surface area contributed by atoms with Crippen LogP contribution in [-0.2, 0) is 27.4 Å². The summed E-state index contributed by atoms with van der Waals surface area (Å²) < 4.78 is 6.13. The van der Waals surface area contributed by atoms with E-state index in [1.807, 2.05) is 31.2 Å². The summed E-state index contributed by atoms with van der Waals surface area (Å²) in [5.74, 6) is -1.80. The molecule has 0 unspecified atom stereocenters. The molecule has 0 saturated carbocycles. The number of ether oxygens (including phenoxy) is 1. The Morgan fingerprint density at radius 3 is 2.40 bits per heavy atom. The number of rotatable bonds is 9. The van der Waals surface area contributed by atoms with E-state index in [-0.39, 0.29) is 40.8 Å². The van der Waals surface area contributed by atoms with E-state index in [0.29, 0.717) is 6.54 Å². The van der Waals surface area contributed by atoms with Crippen molar-refractivity contribution in [3.8, 4) is 0 Å². The predicted octanol–water partition coefficient (Wildman–Crippen LogP) is 2.83. The predicted molar refractivity (Wildman–Crippen MR) is 127 cm³/mol. The third-order valence-electron chi connectivity index (χ3n) is 5.19. The van der Waals surface area contributed by atoms with Crippen LogP contribution < -0.4 is 10.6 Å². The van der Waals surface area contributed by atoms with Crippen LogP contribution in [0.15, 0.2) is 48.5 Å². The molecule has 0 bridgehead atoms. The second-order valence-electron chi connectivity index (χ2n) is 7.86. The Morgan fingerprint density at radius 2 is 1.74 bits per heavy atom. The number of hydrogen-bond acceptors (Lipinski definition) is 7. The zero-order valence-corrected chi connectivity index (χ0v) is 19.5. The minimum Gasteiger partial charge on any atom is -0.454 e. The van der Waals surface area contributed by atoms with Gasteiger partial charge >= 0.3 is 11.7 Å². The normalized spacial score (nSPS) is 10.5. The largest absolute Gasteiger partial charge is 0.454 e. The first-order valence-corrected chi connectivity index (χ1v) is 10.7. The standard InChI is InChI=1S/C24H25N5O6/c1-15-8-10-18(11-9-15)12-25-24(32)19-6-4-5-7-20(19)26-21(30)14-35-22(31)13-28-17(3)23(29(33)34)16(2)27-28/h4-11H,12-14H2,1-3H3,(H,25,32)(H,26,30). The average molecular weight is 479 g/mol. The van der Waals surface area contributed by atoms with Gasteiger partial charge in [-0.2, -0.15) is 5.10 Å². The van der Waals surface area contributed by atoms with Crippen LogP contribution in [0.25, 0.3) is 0 Å². The molecule has 0 spiro atoms. The average Bonchev–Trinajstić information content (AvgIpc) is 3.10. The number of aryl methyl sites for hydroxylation is 2. The van der Waals surface area contributed by atoms with E-state index in [2.05, 4.69) is 15.7 Å². The molecule has 0 radical (unpaired) electrons. The second kappa shape index (κ2) is 11.1. The topological polar surface area (TPSA) is 145 Å². The van der Waals surface area contributed by atoms with Gasteiger partial charge in [-0.15, -0.1) is 0 Å². The van der Waals surface area contributed by atoms with Crippen LogP contribution in [0.3, 0.4) is 0 Å². The highest BCUT2D eigenvalue weighted by atomic mass is 16.6. The lowest BCUT2D eigenvalue weighted by Crippen LogP contribution is -2.27. The summed E-state index contributed by atoms with van der Waals surface area (Å²) in [4.78, 5) is 47.6. The van der Waals surface area contributed by atoms with Crippen molar-refractivity contribution in [3.63, 3.8) is 0 Å². The SMILES string of the molecule is Cc1ccc(CNC(=O)c2ccccc2NC(=O)COC(=O)Cn2nc(C)c([N+](=O)[O-])c2C)cc1. The summed E-state index contributed by atoms with van der Waals surface area (Å²) in [5.41, 5.74) is 2.79. The summed E-state index contributed by atoms with van der Waals surface area (Å²) in [6, 6.07) is 14.2. The molecule has 0 fully saturated rings. The Balaban J connectivity index is 1.55. The molecule has 0 aliphatic heterocycles. The second-order valence-corrected chi connectivity index (χ2v) is 7.86. The maximum absolute atomic E-state index is 12.7. The molecule has 3 rings (SSSR count). The number of carbonyl (C=O) groups excluding carboxylic acids is 3. The van der Waals surface area contributed by atoms with Gasteiger partial charge in [-0.05, 0) is 38.5 Å². The van der Waals surface area contributed by atoms with Crippen LogP contribution in [0.5, 0.6) is 0 Å². The quantitative estimate of drug-likeness (QED) is 0.273. The lowest BCUT2D eigenvalue weighted by molar-refractivity contribution is -0.386. The van der Waals surface area contributed by atoms with Gasteiger partial charge in [0.05, 0.1) is 16.2 Å². The molecule has 11 heteroatoms. The van der Waals surface area contributed by atoms with Gasteiger partial charge in [0.2, 0.25) is 0 Å². The fourth-order valence-corrected chi connectivity index (χ4v) is 3.38. The minimum absolute atomic E-state index is 0.173. The number of anilines is 1. The van der Waals surface area contributed by atoms with Crippen molar-refractivity contribution in [2.45, 2.75) is 33.9 Å². The van der Waals surface area contributed by atoms with E-state index in [9.17, 15) is 24.5 Å². The van der Waals surface area contributed by atoms with Crippen LogP contribution in [-0.4, -0.2) is 39.1 Å². The van der Waals surface area contributed by atoms with Gasteiger partial charge in [0.15, 0.2) is 6.61 Å². The molecule has 35 heavy (non-hydrogen) atoms. The van der Waals surface area contributed by atoms with Crippen molar-refractivity contribution in [2.24, 2.45) is 0 Å². The first-order valence-electron chi connectivity index (χ1n) is 10.7. The van der Waals surface area contributed by atoms with E-state index < -0.39 is 23.4 Å². The first kappa shape index (κ1) is 25.1. The monoisotopic (exact) mass is 479 g/mol. The number of esters is 1. The highest BCUT2D eigenvalue weighted by Gasteiger charge is 2.23. The van der Waals surface area contributed by atoms with Crippen LogP contribution >= 0.6 is 0 Å². The molecule has 3 aromatic rings. The van der Waals surface area contributed by atoms with Crippen molar-refractivity contribution in [1.29, 1.82) is 0 Å². The molecule has 1 heterocycles. The summed E-state index contributed by atoms with van der Waals surface area (Å²) in [7, 11) is 0. The summed E-state index contributed by atoms with van der Waals surface area (Å²) >= 11 is 0. The fourth-order valence-electron chi connectivity index (χ4n) is 3.38. The van der Waals surface area contributed by atoms with Crippen molar-refractivity contribution in [2.75, 3.05) is 11.9 Å². The van der Waals surface area contributed by atoms with E-state index in [0.717, 1.165) is 15.8 Å². The molecular weight excluding hydrogens is 454 g/mol. The highest BCUT2D eigenvalue weighted by molar-refractivity contribution is 6.04. The van der Waals surface area contributed by atoms with Crippen molar-refractivity contribution in [1.82, 2.24) is 15.1 Å². The Labute approximate surface area is 201 Å². The number of aromatic nitrogens is 2. The van der Waals surface area contributed by atoms with E-state index in [1.165, 1.54) is 13.8 Å². The summed E-state index contributed by atoms with van der Waals surface area (Å²) in [6.45, 7) is 4.26. The third-order valence-corrected chi connectivity index (χ3v) is 5.19. The molecular formula is C24H25N5O6. The Kier molecular flexibility index (Phi) is 7.92. The molecule has 2 aromatic carbocycles. The van der Waals surface area contributed by atoms with Gasteiger partial charge in [-0.1, -0.05) is 42.0 Å². The molecule has 0 aliphatic carbocycles. The molecule has 11 nitrogen and oxygen atoms in total. The van der Waals surface area contributed by atoms with Gasteiger partial charge in [-0.3, -0.25) is 29.2 Å². The van der Waals surface area contributed by atoms with E-state index in [1.54, 1.807) is 24.3 Å². The zero-order valence-electron chi connectivity index (χ0n) is 19.5. The molecule has 0 atom stereocenters. The van der Waals surface area contributed by atoms with Gasteiger partial charge in [-0.25, -0.2) is 0 Å². The number of para-hydroxylation sites is 1. The van der Waals surface area contributed by atoms with E-state index in [4.69, 9.17) is 4.74 Å². The third kappa shape index (κ3) is 6.50. The number of hydrogen-bond donors (Lipinski definition) is 2. The van der Waals surface area contributed by atoms with E-state index >= 15 is 0 Å². The molecule has 1 aromatic heterocycles. The zero-order chi connectivity index (χ0) is 25.5. The first-order chi connectivity index (χ1) is 16.7. The van der Waals surface area contributed by atoms with Crippen molar-refractivity contribution >= 4 is 29.2 Å². The summed E-state index contributed by atoms with van der Waals surface area (Å²) in [5, 5.41) is 20.4. The maximum Gasteiger partial charge on any atom is 0.328 e. The number of nitro groups is 1. The molecule has 2 amide bonds. The number of amides is 2. The Bertz CT molecular complexity index is 1270. The van der Waals surface area contributed by atoms with Crippen LogP contribution in [0, 0.1) is 30.9 Å². The number of nitrogens with one attached hydrogen (secondary N) is 2. The van der Waals surface area contributed by atoms with Crippen LogP contribution in [0.4, 0.5) is 11.4 Å². The lowest BCUT2D eigenvalue weighted by Gasteiger charge is -2.12.